The van der Waals surface area contributed by atoms with Crippen molar-refractivity contribution in [2.24, 2.45) is 4.99 Å². The molecule has 0 radical (unpaired) electrons. The molecule has 0 aliphatic carbocycles. The lowest BCUT2D eigenvalue weighted by atomic mass is 10.2. The fraction of sp³-hybridized carbons (Fsp3) is 0.118. The zero-order chi connectivity index (χ0) is 19.4. The van der Waals surface area contributed by atoms with Crippen molar-refractivity contribution in [3.8, 4) is 11.6 Å². The summed E-state index contributed by atoms with van der Waals surface area (Å²) in [5.74, 6) is -1.85. The van der Waals surface area contributed by atoms with Gasteiger partial charge in [0.15, 0.2) is 6.04 Å². The Kier molecular flexibility index (Phi) is 4.97. The van der Waals surface area contributed by atoms with Crippen molar-refractivity contribution < 1.29 is 15.0 Å². The summed E-state index contributed by atoms with van der Waals surface area (Å²) < 4.78 is 0.896. The first-order valence-corrected chi connectivity index (χ1v) is 7.84. The maximum Gasteiger partial charge on any atom is 0.335 e. The first kappa shape index (κ1) is 17.9. The van der Waals surface area contributed by atoms with Gasteiger partial charge >= 0.3 is 11.7 Å². The number of rotatable bonds is 6. The maximum atomic E-state index is 12.1. The van der Waals surface area contributed by atoms with E-state index in [9.17, 15) is 24.6 Å². The largest absolute Gasteiger partial charge is 0.493 e. The fourth-order valence-electron chi connectivity index (χ4n) is 2.44. The number of nitrogens with zero attached hydrogens (tertiary/aromatic N) is 3. The number of carbonyl (C=O) groups is 1. The number of imidazole rings is 1. The summed E-state index contributed by atoms with van der Waals surface area (Å²) in [6.07, 6.45) is 3.83. The number of hydrogen-bond donors (Lipinski definition) is 4. The van der Waals surface area contributed by atoms with Gasteiger partial charge in [-0.05, 0) is 12.1 Å². The first-order chi connectivity index (χ1) is 13.0. The third-order valence-electron chi connectivity index (χ3n) is 3.77. The molecule has 0 aliphatic rings. The molecule has 138 valence electrons. The lowest BCUT2D eigenvalue weighted by molar-refractivity contribution is -0.138. The Morgan fingerprint density at radius 1 is 1.30 bits per heavy atom. The SMILES string of the molecule is O=C(O)C(Cc1cnc[nH]1)N=Cc1c(O)n(-c2ccccc2)c(=O)[nH]c1=O. The average Bonchev–Trinajstić information content (AvgIpc) is 3.14. The van der Waals surface area contributed by atoms with Crippen LogP contribution in [0.1, 0.15) is 11.3 Å². The molecule has 1 unspecified atom stereocenters. The van der Waals surface area contributed by atoms with Crippen molar-refractivity contribution in [2.45, 2.75) is 12.5 Å². The molecule has 27 heavy (non-hydrogen) atoms. The lowest BCUT2D eigenvalue weighted by Crippen LogP contribution is -2.31. The summed E-state index contributed by atoms with van der Waals surface area (Å²) in [5, 5.41) is 19.7. The van der Waals surface area contributed by atoms with Crippen LogP contribution in [0.3, 0.4) is 0 Å². The van der Waals surface area contributed by atoms with Crippen molar-refractivity contribution >= 4 is 12.2 Å². The predicted molar refractivity (Wildman–Crippen MR) is 95.6 cm³/mol. The van der Waals surface area contributed by atoms with Gasteiger partial charge in [0.05, 0.1) is 12.0 Å². The summed E-state index contributed by atoms with van der Waals surface area (Å²) in [5.41, 5.74) is -1.15. The minimum absolute atomic E-state index is 0.0167. The molecule has 10 heteroatoms. The molecule has 0 bridgehead atoms. The summed E-state index contributed by atoms with van der Waals surface area (Å²) in [7, 11) is 0. The average molecular weight is 369 g/mol. The van der Waals surface area contributed by atoms with Crippen LogP contribution in [-0.2, 0) is 11.2 Å². The quantitative estimate of drug-likeness (QED) is 0.451. The number of aromatic amines is 2. The van der Waals surface area contributed by atoms with Crippen LogP contribution < -0.4 is 11.2 Å². The molecule has 0 amide bonds. The molecule has 1 atom stereocenters. The predicted octanol–water partition coefficient (Wildman–Crippen LogP) is 0.0693. The van der Waals surface area contributed by atoms with Crippen molar-refractivity contribution in [1.82, 2.24) is 19.5 Å². The highest BCUT2D eigenvalue weighted by atomic mass is 16.4. The van der Waals surface area contributed by atoms with Gasteiger partial charge in [0.1, 0.15) is 5.56 Å². The highest BCUT2D eigenvalue weighted by Crippen LogP contribution is 2.15. The maximum absolute atomic E-state index is 12.1. The second-order valence-electron chi connectivity index (χ2n) is 5.58. The number of hydrogen-bond acceptors (Lipinski definition) is 6. The van der Waals surface area contributed by atoms with E-state index in [1.807, 2.05) is 0 Å². The highest BCUT2D eigenvalue weighted by Gasteiger charge is 2.19. The fourth-order valence-corrected chi connectivity index (χ4v) is 2.44. The smallest absolute Gasteiger partial charge is 0.335 e. The van der Waals surface area contributed by atoms with E-state index >= 15 is 0 Å². The van der Waals surface area contributed by atoms with Gasteiger partial charge in [-0.3, -0.25) is 14.8 Å². The van der Waals surface area contributed by atoms with E-state index in [1.54, 1.807) is 30.3 Å². The van der Waals surface area contributed by atoms with Crippen LogP contribution in [-0.4, -0.2) is 48.0 Å². The standard InChI is InChI=1S/C17H15N5O5/c23-14-12(8-19-13(16(25)26)6-10-7-18-9-20-10)15(24)22(17(27)21-14)11-4-2-1-3-5-11/h1-5,7-9,13,24H,6H2,(H,18,20)(H,25,26)(H,21,23,27). The Balaban J connectivity index is 2.01. The van der Waals surface area contributed by atoms with Crippen molar-refractivity contribution in [2.75, 3.05) is 0 Å². The van der Waals surface area contributed by atoms with Crippen LogP contribution in [0.25, 0.3) is 5.69 Å². The molecule has 4 N–H and O–H groups in total. The molecule has 0 saturated heterocycles. The molecule has 10 nitrogen and oxygen atoms in total. The summed E-state index contributed by atoms with van der Waals surface area (Å²) >= 11 is 0. The van der Waals surface area contributed by atoms with E-state index < -0.39 is 29.1 Å². The molecule has 3 rings (SSSR count). The molecule has 2 heterocycles. The topological polar surface area (TPSA) is 153 Å². The summed E-state index contributed by atoms with van der Waals surface area (Å²) in [4.78, 5) is 48.1. The van der Waals surface area contributed by atoms with Crippen LogP contribution >= 0.6 is 0 Å². The monoisotopic (exact) mass is 369 g/mol. The highest BCUT2D eigenvalue weighted by molar-refractivity contribution is 5.85. The van der Waals surface area contributed by atoms with Gasteiger partial charge in [-0.25, -0.2) is 19.1 Å². The summed E-state index contributed by atoms with van der Waals surface area (Å²) in [6.45, 7) is 0. The molecule has 0 fully saturated rings. The van der Waals surface area contributed by atoms with E-state index in [-0.39, 0.29) is 12.0 Å². The van der Waals surface area contributed by atoms with Crippen LogP contribution in [0.5, 0.6) is 5.88 Å². The minimum Gasteiger partial charge on any atom is -0.493 e. The number of nitrogens with one attached hydrogen (secondary N) is 2. The van der Waals surface area contributed by atoms with Crippen molar-refractivity contribution in [3.05, 3.63) is 75.0 Å². The van der Waals surface area contributed by atoms with E-state index in [1.165, 1.54) is 12.5 Å². The van der Waals surface area contributed by atoms with Gasteiger partial charge < -0.3 is 15.2 Å². The molecular formula is C17H15N5O5. The lowest BCUT2D eigenvalue weighted by Gasteiger charge is -2.10. The summed E-state index contributed by atoms with van der Waals surface area (Å²) in [6, 6.07) is 6.97. The molecule has 0 spiro atoms. The number of aromatic hydroxyl groups is 1. The van der Waals surface area contributed by atoms with E-state index in [0.717, 1.165) is 10.8 Å². The number of aliphatic carboxylic acids is 1. The van der Waals surface area contributed by atoms with Gasteiger partial charge in [0, 0.05) is 24.5 Å². The number of para-hydroxylation sites is 1. The molecule has 1 aromatic carbocycles. The number of carboxylic acids is 1. The second-order valence-corrected chi connectivity index (χ2v) is 5.58. The van der Waals surface area contributed by atoms with Crippen LogP contribution in [0, 0.1) is 0 Å². The third-order valence-corrected chi connectivity index (χ3v) is 3.77. The van der Waals surface area contributed by atoms with Gasteiger partial charge in [0.2, 0.25) is 5.88 Å². The van der Waals surface area contributed by atoms with Gasteiger partial charge in [0.25, 0.3) is 5.56 Å². The zero-order valence-corrected chi connectivity index (χ0v) is 13.9. The number of benzene rings is 1. The number of aliphatic imine (C=N–C) groups is 1. The Labute approximate surface area is 151 Å². The van der Waals surface area contributed by atoms with Crippen LogP contribution in [0.4, 0.5) is 0 Å². The molecular weight excluding hydrogens is 354 g/mol. The zero-order valence-electron chi connectivity index (χ0n) is 13.9. The van der Waals surface area contributed by atoms with Crippen molar-refractivity contribution in [3.63, 3.8) is 0 Å². The molecule has 0 saturated carbocycles. The number of H-pyrrole nitrogens is 2. The number of aromatic nitrogens is 4. The van der Waals surface area contributed by atoms with E-state index in [4.69, 9.17) is 0 Å². The van der Waals surface area contributed by atoms with Crippen LogP contribution in [0.15, 0.2) is 57.4 Å². The second kappa shape index (κ2) is 7.52. The van der Waals surface area contributed by atoms with Crippen molar-refractivity contribution in [1.29, 1.82) is 0 Å². The first-order valence-electron chi connectivity index (χ1n) is 7.84. The Morgan fingerprint density at radius 2 is 2.04 bits per heavy atom. The van der Waals surface area contributed by atoms with E-state index in [0.29, 0.717) is 11.4 Å². The van der Waals surface area contributed by atoms with Gasteiger partial charge in [-0.15, -0.1) is 0 Å². The van der Waals surface area contributed by atoms with Gasteiger partial charge in [-0.1, -0.05) is 18.2 Å². The molecule has 3 aromatic rings. The van der Waals surface area contributed by atoms with E-state index in [2.05, 4.69) is 19.9 Å². The van der Waals surface area contributed by atoms with Crippen LogP contribution in [0.2, 0.25) is 0 Å². The number of carboxylic acid groups (broad SMARTS) is 1. The van der Waals surface area contributed by atoms with Gasteiger partial charge in [-0.2, -0.15) is 0 Å². The Bertz CT molecular complexity index is 1080. The molecule has 2 aromatic heterocycles. The Morgan fingerprint density at radius 3 is 2.67 bits per heavy atom. The minimum atomic E-state index is -1.21. The molecule has 0 aliphatic heterocycles. The third kappa shape index (κ3) is 3.84. The normalized spacial score (nSPS) is 12.3. The Hall–Kier alpha value is -3.95.